The predicted molar refractivity (Wildman–Crippen MR) is 78.3 cm³/mol. The molecule has 114 valence electrons. The zero-order valence-electron chi connectivity index (χ0n) is 10.8. The number of pyridine rings is 1. The minimum Gasteiger partial charge on any atom is -0.406 e. The van der Waals surface area contributed by atoms with Gasteiger partial charge in [0.2, 0.25) is 0 Å². The number of aromatic nitrogens is 2. The van der Waals surface area contributed by atoms with Gasteiger partial charge in [0.1, 0.15) is 11.3 Å². The van der Waals surface area contributed by atoms with Crippen LogP contribution in [-0.4, -0.2) is 15.9 Å². The lowest BCUT2D eigenvalue weighted by molar-refractivity contribution is -0.274. The number of hydrogen-bond acceptors (Lipinski definition) is 2. The van der Waals surface area contributed by atoms with E-state index in [9.17, 15) is 18.0 Å². The van der Waals surface area contributed by atoms with E-state index in [-0.39, 0.29) is 11.3 Å². The number of rotatable bonds is 2. The number of fused-ring (bicyclic) bond motifs is 1. The molecule has 3 aromatic rings. The second-order valence-corrected chi connectivity index (χ2v) is 5.31. The van der Waals surface area contributed by atoms with Crippen molar-refractivity contribution in [2.75, 3.05) is 0 Å². The van der Waals surface area contributed by atoms with E-state index in [1.54, 1.807) is 18.5 Å². The molecule has 0 unspecified atom stereocenters. The number of H-pyrrole nitrogens is 1. The van der Waals surface area contributed by atoms with Crippen molar-refractivity contribution in [1.82, 2.24) is 9.55 Å². The lowest BCUT2D eigenvalue weighted by Crippen LogP contribution is -2.19. The van der Waals surface area contributed by atoms with E-state index >= 15 is 0 Å². The highest BCUT2D eigenvalue weighted by Crippen LogP contribution is 2.25. The Bertz CT molecular complexity index is 882. The highest BCUT2D eigenvalue weighted by Gasteiger charge is 2.31. The maximum atomic E-state index is 12.4. The maximum Gasteiger partial charge on any atom is 0.573 e. The number of aromatic amines is 1. The van der Waals surface area contributed by atoms with Crippen LogP contribution in [0.1, 0.15) is 0 Å². The van der Waals surface area contributed by atoms with Crippen LogP contribution in [0.15, 0.2) is 52.0 Å². The smallest absolute Gasteiger partial charge is 0.406 e. The molecule has 0 atom stereocenters. The average molecular weight is 373 g/mol. The third kappa shape index (κ3) is 2.74. The average Bonchev–Trinajstić information content (AvgIpc) is 2.92. The minimum absolute atomic E-state index is 0.298. The van der Waals surface area contributed by atoms with Crippen LogP contribution in [-0.2, 0) is 0 Å². The number of alkyl halides is 3. The second-order valence-electron chi connectivity index (χ2n) is 4.46. The van der Waals surface area contributed by atoms with Crippen molar-refractivity contribution in [2.24, 2.45) is 0 Å². The molecule has 1 N–H and O–H groups in total. The van der Waals surface area contributed by atoms with Crippen molar-refractivity contribution < 1.29 is 17.9 Å². The fraction of sp³-hybridized carbons (Fsp3) is 0.0714. The van der Waals surface area contributed by atoms with Crippen molar-refractivity contribution in [1.29, 1.82) is 0 Å². The van der Waals surface area contributed by atoms with Gasteiger partial charge in [0.15, 0.2) is 0 Å². The van der Waals surface area contributed by atoms with Crippen molar-refractivity contribution in [3.63, 3.8) is 0 Å². The first-order valence-electron chi connectivity index (χ1n) is 6.09. The SMILES string of the molecule is O=c1c2[nH]ccc2c(Br)cn1-c1ccc(OC(F)(F)F)cc1. The Morgan fingerprint density at radius 2 is 1.82 bits per heavy atom. The third-order valence-corrected chi connectivity index (χ3v) is 3.66. The summed E-state index contributed by atoms with van der Waals surface area (Å²) in [6.45, 7) is 0. The summed E-state index contributed by atoms with van der Waals surface area (Å²) >= 11 is 3.36. The summed E-state index contributed by atoms with van der Waals surface area (Å²) in [6, 6.07) is 6.82. The zero-order chi connectivity index (χ0) is 15.9. The molecule has 0 radical (unpaired) electrons. The Kier molecular flexibility index (Phi) is 3.48. The first-order valence-corrected chi connectivity index (χ1v) is 6.89. The van der Waals surface area contributed by atoms with Gasteiger partial charge in [-0.05, 0) is 46.3 Å². The molecular formula is C14H8BrF3N2O2. The highest BCUT2D eigenvalue weighted by molar-refractivity contribution is 9.10. The number of nitrogens with one attached hydrogen (secondary N) is 1. The van der Waals surface area contributed by atoms with Gasteiger partial charge in [-0.2, -0.15) is 0 Å². The Labute approximate surface area is 130 Å². The Hall–Kier alpha value is -2.22. The van der Waals surface area contributed by atoms with E-state index in [4.69, 9.17) is 0 Å². The van der Waals surface area contributed by atoms with E-state index in [1.807, 2.05) is 0 Å². The molecule has 4 nitrogen and oxygen atoms in total. The van der Waals surface area contributed by atoms with Gasteiger partial charge in [-0.1, -0.05) is 0 Å². The summed E-state index contributed by atoms with van der Waals surface area (Å²) in [5.74, 6) is -0.343. The quantitative estimate of drug-likeness (QED) is 0.739. The molecule has 1 aromatic carbocycles. The third-order valence-electron chi connectivity index (χ3n) is 3.03. The predicted octanol–water partition coefficient (Wildman–Crippen LogP) is 3.98. The first-order chi connectivity index (χ1) is 10.3. The van der Waals surface area contributed by atoms with Gasteiger partial charge in [0.25, 0.3) is 5.56 Å². The molecule has 0 aliphatic rings. The van der Waals surface area contributed by atoms with Gasteiger partial charge in [-0.3, -0.25) is 9.36 Å². The van der Waals surface area contributed by atoms with Crippen LogP contribution >= 0.6 is 15.9 Å². The molecule has 2 aromatic heterocycles. The molecule has 0 saturated heterocycles. The molecule has 0 spiro atoms. The molecule has 2 heterocycles. The molecule has 0 amide bonds. The summed E-state index contributed by atoms with van der Waals surface area (Å²) in [7, 11) is 0. The van der Waals surface area contributed by atoms with Crippen molar-refractivity contribution in [2.45, 2.75) is 6.36 Å². The number of halogens is 4. The molecule has 0 aliphatic carbocycles. The lowest BCUT2D eigenvalue weighted by Gasteiger charge is -2.11. The number of ether oxygens (including phenoxy) is 1. The van der Waals surface area contributed by atoms with Crippen molar-refractivity contribution >= 4 is 26.8 Å². The van der Waals surface area contributed by atoms with E-state index < -0.39 is 6.36 Å². The second kappa shape index (κ2) is 5.20. The number of nitrogens with zero attached hydrogens (tertiary/aromatic N) is 1. The van der Waals surface area contributed by atoms with Gasteiger partial charge >= 0.3 is 6.36 Å². The van der Waals surface area contributed by atoms with Crippen molar-refractivity contribution in [3.05, 3.63) is 57.6 Å². The molecular weight excluding hydrogens is 365 g/mol. The first kappa shape index (κ1) is 14.7. The zero-order valence-corrected chi connectivity index (χ0v) is 12.4. The summed E-state index contributed by atoms with van der Waals surface area (Å²) in [5, 5.41) is 0.735. The molecule has 0 saturated carbocycles. The van der Waals surface area contributed by atoms with E-state index in [0.29, 0.717) is 15.7 Å². The Morgan fingerprint density at radius 3 is 2.45 bits per heavy atom. The molecule has 0 fully saturated rings. The van der Waals surface area contributed by atoms with Gasteiger partial charge in [0.05, 0.1) is 0 Å². The van der Waals surface area contributed by atoms with Crippen LogP contribution in [0.4, 0.5) is 13.2 Å². The van der Waals surface area contributed by atoms with Crippen LogP contribution in [0.3, 0.4) is 0 Å². The van der Waals surface area contributed by atoms with Gasteiger partial charge < -0.3 is 9.72 Å². The Balaban J connectivity index is 2.05. The van der Waals surface area contributed by atoms with Gasteiger partial charge in [-0.25, -0.2) is 0 Å². The standard InChI is InChI=1S/C14H8BrF3N2O2/c15-11-7-20(13(21)12-10(11)5-6-19-12)8-1-3-9(4-2-8)22-14(16,17)18/h1-7,19H. The maximum absolute atomic E-state index is 12.4. The van der Waals surface area contributed by atoms with E-state index in [1.165, 1.54) is 16.7 Å². The van der Waals surface area contributed by atoms with Crippen LogP contribution < -0.4 is 10.3 Å². The van der Waals surface area contributed by atoms with Crippen LogP contribution in [0.5, 0.6) is 5.75 Å². The van der Waals surface area contributed by atoms with Crippen LogP contribution in [0.25, 0.3) is 16.6 Å². The number of hydrogen-bond donors (Lipinski definition) is 1. The molecule has 3 rings (SSSR count). The largest absolute Gasteiger partial charge is 0.573 e. The van der Waals surface area contributed by atoms with Crippen molar-refractivity contribution in [3.8, 4) is 11.4 Å². The number of benzene rings is 1. The van der Waals surface area contributed by atoms with Gasteiger partial charge in [-0.15, -0.1) is 13.2 Å². The van der Waals surface area contributed by atoms with Crippen LogP contribution in [0, 0.1) is 0 Å². The summed E-state index contributed by atoms with van der Waals surface area (Å²) in [4.78, 5) is 15.2. The minimum atomic E-state index is -4.75. The van der Waals surface area contributed by atoms with E-state index in [2.05, 4.69) is 25.7 Å². The Morgan fingerprint density at radius 1 is 1.14 bits per heavy atom. The lowest BCUT2D eigenvalue weighted by atomic mass is 10.2. The summed E-state index contributed by atoms with van der Waals surface area (Å²) in [5.41, 5.74) is 0.536. The highest BCUT2D eigenvalue weighted by atomic mass is 79.9. The normalized spacial score (nSPS) is 11.8. The monoisotopic (exact) mass is 372 g/mol. The van der Waals surface area contributed by atoms with Crippen LogP contribution in [0.2, 0.25) is 0 Å². The fourth-order valence-electron chi connectivity index (χ4n) is 2.11. The molecule has 22 heavy (non-hydrogen) atoms. The van der Waals surface area contributed by atoms with E-state index in [0.717, 1.165) is 17.5 Å². The fourth-order valence-corrected chi connectivity index (χ4v) is 2.64. The molecule has 0 aliphatic heterocycles. The summed E-state index contributed by atoms with van der Waals surface area (Å²) < 4.78 is 42.2. The summed E-state index contributed by atoms with van der Waals surface area (Å²) in [6.07, 6.45) is -1.54. The topological polar surface area (TPSA) is 47.0 Å². The van der Waals surface area contributed by atoms with Gasteiger partial charge in [0, 0.05) is 27.9 Å². The molecule has 8 heteroatoms. The molecule has 0 bridgehead atoms.